The van der Waals surface area contributed by atoms with Crippen LogP contribution in [0.1, 0.15) is 16.8 Å². The van der Waals surface area contributed by atoms with Crippen molar-refractivity contribution in [2.24, 2.45) is 0 Å². The fourth-order valence-electron chi connectivity index (χ4n) is 2.18. The smallest absolute Gasteiger partial charge is 0.338 e. The third-order valence-electron chi connectivity index (χ3n) is 3.27. The summed E-state index contributed by atoms with van der Waals surface area (Å²) >= 11 is 0. The van der Waals surface area contributed by atoms with Crippen molar-refractivity contribution in [3.63, 3.8) is 0 Å². The molecule has 2 rings (SSSR count). The van der Waals surface area contributed by atoms with E-state index < -0.39 is 11.8 Å². The molecule has 98 valence electrons. The number of likely N-dealkylation sites (N-methyl/N-ethyl adjacent to an activating group) is 1. The lowest BCUT2D eigenvalue weighted by Gasteiger charge is -2.23. The van der Waals surface area contributed by atoms with Crippen LogP contribution in [0, 0.1) is 5.82 Å². The lowest BCUT2D eigenvalue weighted by atomic mass is 10.1. The Morgan fingerprint density at radius 3 is 2.72 bits per heavy atom. The Kier molecular flexibility index (Phi) is 3.81. The third-order valence-corrected chi connectivity index (χ3v) is 3.27. The molecule has 1 aromatic rings. The topological polar surface area (TPSA) is 43.8 Å². The molecule has 0 atom stereocenters. The van der Waals surface area contributed by atoms with Crippen molar-refractivity contribution in [2.75, 3.05) is 38.1 Å². The number of hydrogen-bond donors (Lipinski definition) is 1. The lowest BCUT2D eigenvalue weighted by Crippen LogP contribution is -2.28. The highest BCUT2D eigenvalue weighted by atomic mass is 19.1. The van der Waals surface area contributed by atoms with E-state index in [0.717, 1.165) is 38.3 Å². The van der Waals surface area contributed by atoms with Crippen LogP contribution in [0.4, 0.5) is 10.1 Å². The second-order valence-electron chi connectivity index (χ2n) is 4.61. The second kappa shape index (κ2) is 5.35. The van der Waals surface area contributed by atoms with E-state index in [1.807, 2.05) is 0 Å². The van der Waals surface area contributed by atoms with Crippen molar-refractivity contribution in [1.82, 2.24) is 4.90 Å². The number of anilines is 1. The van der Waals surface area contributed by atoms with Crippen LogP contribution < -0.4 is 4.90 Å². The first kappa shape index (κ1) is 12.8. The maximum absolute atomic E-state index is 13.6. The average Bonchev–Trinajstić information content (AvgIpc) is 2.53. The van der Waals surface area contributed by atoms with Gasteiger partial charge in [-0.1, -0.05) is 0 Å². The summed E-state index contributed by atoms with van der Waals surface area (Å²) in [5, 5.41) is 8.79. The van der Waals surface area contributed by atoms with Gasteiger partial charge in [-0.05, 0) is 38.2 Å². The molecule has 0 spiro atoms. The van der Waals surface area contributed by atoms with Crippen LogP contribution in [0.2, 0.25) is 0 Å². The Labute approximate surface area is 106 Å². The molecule has 0 saturated carbocycles. The van der Waals surface area contributed by atoms with Gasteiger partial charge in [-0.25, -0.2) is 9.18 Å². The number of carboxylic acid groups (broad SMARTS) is 1. The standard InChI is InChI=1S/C13H17FN2O2/c1-15-5-2-6-16(8-7-15)10-3-4-11(13(17)18)12(14)9-10/h3-4,9H,2,5-8H2,1H3,(H,17,18). The first-order valence-electron chi connectivity index (χ1n) is 6.04. The van der Waals surface area contributed by atoms with Crippen molar-refractivity contribution < 1.29 is 14.3 Å². The maximum Gasteiger partial charge on any atom is 0.338 e. The minimum Gasteiger partial charge on any atom is -0.478 e. The number of nitrogens with zero attached hydrogens (tertiary/aromatic N) is 2. The van der Waals surface area contributed by atoms with E-state index in [1.165, 1.54) is 12.1 Å². The van der Waals surface area contributed by atoms with E-state index in [-0.39, 0.29) is 5.56 Å². The number of rotatable bonds is 2. The Morgan fingerprint density at radius 1 is 1.28 bits per heavy atom. The van der Waals surface area contributed by atoms with Gasteiger partial charge in [-0.3, -0.25) is 0 Å². The number of halogens is 1. The van der Waals surface area contributed by atoms with E-state index in [2.05, 4.69) is 16.8 Å². The minimum absolute atomic E-state index is 0.273. The molecule has 1 fully saturated rings. The van der Waals surface area contributed by atoms with Crippen molar-refractivity contribution in [3.8, 4) is 0 Å². The third kappa shape index (κ3) is 2.79. The van der Waals surface area contributed by atoms with Gasteiger partial charge in [0.05, 0.1) is 5.56 Å². The largest absolute Gasteiger partial charge is 0.478 e. The van der Waals surface area contributed by atoms with Crippen LogP contribution in [0.3, 0.4) is 0 Å². The summed E-state index contributed by atoms with van der Waals surface area (Å²) in [7, 11) is 2.07. The zero-order valence-corrected chi connectivity index (χ0v) is 10.4. The van der Waals surface area contributed by atoms with Gasteiger partial charge in [0.1, 0.15) is 5.82 Å². The molecule has 1 heterocycles. The second-order valence-corrected chi connectivity index (χ2v) is 4.61. The van der Waals surface area contributed by atoms with E-state index in [1.54, 1.807) is 6.07 Å². The predicted octanol–water partition coefficient (Wildman–Crippen LogP) is 1.67. The van der Waals surface area contributed by atoms with Crippen LogP contribution >= 0.6 is 0 Å². The van der Waals surface area contributed by atoms with E-state index in [9.17, 15) is 9.18 Å². The molecule has 0 aromatic heterocycles. The number of carboxylic acids is 1. The fraction of sp³-hybridized carbons (Fsp3) is 0.462. The molecule has 1 aliphatic rings. The Bertz CT molecular complexity index is 451. The zero-order valence-electron chi connectivity index (χ0n) is 10.4. The molecule has 1 aliphatic heterocycles. The predicted molar refractivity (Wildman–Crippen MR) is 67.7 cm³/mol. The number of aromatic carboxylic acids is 1. The molecular formula is C13H17FN2O2. The average molecular weight is 252 g/mol. The van der Waals surface area contributed by atoms with Crippen molar-refractivity contribution in [3.05, 3.63) is 29.6 Å². The summed E-state index contributed by atoms with van der Waals surface area (Å²) in [5.41, 5.74) is 0.485. The first-order valence-corrected chi connectivity index (χ1v) is 6.04. The quantitative estimate of drug-likeness (QED) is 0.869. The van der Waals surface area contributed by atoms with Gasteiger partial charge in [-0.2, -0.15) is 0 Å². The Hall–Kier alpha value is -1.62. The van der Waals surface area contributed by atoms with Crippen LogP contribution in [0.15, 0.2) is 18.2 Å². The summed E-state index contributed by atoms with van der Waals surface area (Å²) < 4.78 is 13.6. The Morgan fingerprint density at radius 2 is 2.06 bits per heavy atom. The maximum atomic E-state index is 13.6. The van der Waals surface area contributed by atoms with E-state index in [0.29, 0.717) is 0 Å². The van der Waals surface area contributed by atoms with Crippen molar-refractivity contribution >= 4 is 11.7 Å². The molecule has 0 radical (unpaired) electrons. The normalized spacial score (nSPS) is 17.6. The monoisotopic (exact) mass is 252 g/mol. The molecule has 0 aliphatic carbocycles. The van der Waals surface area contributed by atoms with Crippen LogP contribution in [0.25, 0.3) is 0 Å². The van der Waals surface area contributed by atoms with Crippen molar-refractivity contribution in [2.45, 2.75) is 6.42 Å². The van der Waals surface area contributed by atoms with Gasteiger partial charge in [0.2, 0.25) is 0 Å². The molecule has 1 saturated heterocycles. The summed E-state index contributed by atoms with van der Waals surface area (Å²) in [4.78, 5) is 15.1. The van der Waals surface area contributed by atoms with Crippen LogP contribution in [-0.4, -0.2) is 49.2 Å². The van der Waals surface area contributed by atoms with Crippen LogP contribution in [-0.2, 0) is 0 Å². The summed E-state index contributed by atoms with van der Waals surface area (Å²) in [5.74, 6) is -1.90. The fourth-order valence-corrected chi connectivity index (χ4v) is 2.18. The minimum atomic E-state index is -1.23. The summed E-state index contributed by atoms with van der Waals surface area (Å²) in [6, 6.07) is 4.33. The molecule has 5 heteroatoms. The molecule has 1 N–H and O–H groups in total. The highest BCUT2D eigenvalue weighted by Crippen LogP contribution is 2.20. The molecule has 0 bridgehead atoms. The summed E-state index contributed by atoms with van der Waals surface area (Å²) in [6.45, 7) is 3.67. The summed E-state index contributed by atoms with van der Waals surface area (Å²) in [6.07, 6.45) is 1.03. The molecule has 1 aromatic carbocycles. The number of benzene rings is 1. The number of carbonyl (C=O) groups is 1. The van der Waals surface area contributed by atoms with Crippen molar-refractivity contribution in [1.29, 1.82) is 0 Å². The van der Waals surface area contributed by atoms with Gasteiger partial charge in [0.15, 0.2) is 0 Å². The molecular weight excluding hydrogens is 235 g/mol. The highest BCUT2D eigenvalue weighted by molar-refractivity contribution is 5.88. The SMILES string of the molecule is CN1CCCN(c2ccc(C(=O)O)c(F)c2)CC1. The molecule has 0 amide bonds. The molecule has 4 nitrogen and oxygen atoms in total. The zero-order chi connectivity index (χ0) is 13.1. The van der Waals surface area contributed by atoms with Gasteiger partial charge < -0.3 is 14.9 Å². The first-order chi connectivity index (χ1) is 8.58. The van der Waals surface area contributed by atoms with Gasteiger partial charge in [0.25, 0.3) is 0 Å². The van der Waals surface area contributed by atoms with Crippen LogP contribution in [0.5, 0.6) is 0 Å². The van der Waals surface area contributed by atoms with E-state index in [4.69, 9.17) is 5.11 Å². The molecule has 0 unspecified atom stereocenters. The Balaban J connectivity index is 2.18. The van der Waals surface area contributed by atoms with Gasteiger partial charge in [-0.15, -0.1) is 0 Å². The number of hydrogen-bond acceptors (Lipinski definition) is 3. The van der Waals surface area contributed by atoms with E-state index >= 15 is 0 Å². The van der Waals surface area contributed by atoms with Gasteiger partial charge in [0, 0.05) is 25.3 Å². The highest BCUT2D eigenvalue weighted by Gasteiger charge is 2.16. The molecule has 18 heavy (non-hydrogen) atoms. The lowest BCUT2D eigenvalue weighted by molar-refractivity contribution is 0.0692. The van der Waals surface area contributed by atoms with Gasteiger partial charge >= 0.3 is 5.97 Å².